The highest BCUT2D eigenvalue weighted by Crippen LogP contribution is 2.38. The highest BCUT2D eigenvalue weighted by Gasteiger charge is 2.36. The number of carbonyl (C=O) groups is 1. The fourth-order valence-corrected chi connectivity index (χ4v) is 2.21. The largest absolute Gasteiger partial charge is 0.483 e. The minimum absolute atomic E-state index is 0.110. The Kier molecular flexibility index (Phi) is 7.66. The van der Waals surface area contributed by atoms with Crippen LogP contribution >= 0.6 is 0 Å². The van der Waals surface area contributed by atoms with Crippen molar-refractivity contribution in [1.82, 2.24) is 5.32 Å². The third-order valence-corrected chi connectivity index (χ3v) is 3.49. The summed E-state index contributed by atoms with van der Waals surface area (Å²) in [4.78, 5) is 21.5. The van der Waals surface area contributed by atoms with Gasteiger partial charge in [-0.25, -0.2) is 0 Å². The summed E-state index contributed by atoms with van der Waals surface area (Å²) in [6.45, 7) is 3.26. The second-order valence-corrected chi connectivity index (χ2v) is 5.69. The number of unbranched alkanes of at least 4 members (excludes halogenated alkanes) is 2. The first-order chi connectivity index (χ1) is 11.6. The Balaban J connectivity index is 2.70. The van der Waals surface area contributed by atoms with E-state index >= 15 is 0 Å². The molecule has 0 saturated carbocycles. The summed E-state index contributed by atoms with van der Waals surface area (Å²) >= 11 is 0. The Morgan fingerprint density at radius 1 is 1.36 bits per heavy atom. The van der Waals surface area contributed by atoms with Crippen molar-refractivity contribution < 1.29 is 27.6 Å². The quantitative estimate of drug-likeness (QED) is 0.408. The monoisotopic (exact) mass is 362 g/mol. The van der Waals surface area contributed by atoms with Crippen molar-refractivity contribution in [3.05, 3.63) is 33.9 Å². The number of benzene rings is 1. The van der Waals surface area contributed by atoms with E-state index in [-0.39, 0.29) is 6.04 Å². The number of hydrogen-bond acceptors (Lipinski definition) is 4. The number of amides is 1. The molecule has 0 fully saturated rings. The number of carbonyl (C=O) groups excluding carboxylic acids is 1. The number of ether oxygens (including phenoxy) is 1. The van der Waals surface area contributed by atoms with Gasteiger partial charge in [-0.2, -0.15) is 13.2 Å². The van der Waals surface area contributed by atoms with Crippen molar-refractivity contribution in [1.29, 1.82) is 0 Å². The van der Waals surface area contributed by atoms with Gasteiger partial charge in [-0.15, -0.1) is 0 Å². The topological polar surface area (TPSA) is 81.5 Å². The van der Waals surface area contributed by atoms with Crippen molar-refractivity contribution in [3.63, 3.8) is 0 Å². The van der Waals surface area contributed by atoms with Gasteiger partial charge < -0.3 is 10.1 Å². The lowest BCUT2D eigenvalue weighted by Gasteiger charge is -2.16. The first-order valence-electron chi connectivity index (χ1n) is 7.93. The third-order valence-electron chi connectivity index (χ3n) is 3.49. The summed E-state index contributed by atoms with van der Waals surface area (Å²) in [5, 5.41) is 13.3. The van der Waals surface area contributed by atoms with Crippen molar-refractivity contribution in [2.24, 2.45) is 0 Å². The number of nitro benzene ring substituents is 1. The standard InChI is InChI=1S/C16H21F3N2O4/c1-3-4-5-6-11(2)20-15(22)10-25-14-8-7-12(21(23)24)9-13(14)16(17,18)19/h7-9,11H,3-6,10H2,1-2H3,(H,20,22). The van der Waals surface area contributed by atoms with Crippen molar-refractivity contribution in [3.8, 4) is 5.75 Å². The van der Waals surface area contributed by atoms with Crippen LogP contribution in [0.15, 0.2) is 18.2 Å². The zero-order valence-corrected chi connectivity index (χ0v) is 14.1. The Labute approximate surface area is 143 Å². The van der Waals surface area contributed by atoms with Crippen LogP contribution in [-0.2, 0) is 11.0 Å². The van der Waals surface area contributed by atoms with Crippen LogP contribution in [-0.4, -0.2) is 23.5 Å². The number of nitrogens with zero attached hydrogens (tertiary/aromatic N) is 1. The molecule has 0 saturated heterocycles. The molecule has 140 valence electrons. The van der Waals surface area contributed by atoms with Gasteiger partial charge in [-0.05, 0) is 19.4 Å². The van der Waals surface area contributed by atoms with E-state index in [9.17, 15) is 28.1 Å². The number of rotatable bonds is 9. The predicted octanol–water partition coefficient (Wildman–Crippen LogP) is 4.08. The van der Waals surface area contributed by atoms with Crippen LogP contribution in [0.1, 0.15) is 45.1 Å². The Morgan fingerprint density at radius 2 is 2.04 bits per heavy atom. The minimum Gasteiger partial charge on any atom is -0.483 e. The molecule has 0 aliphatic heterocycles. The van der Waals surface area contributed by atoms with Crippen molar-refractivity contribution in [2.75, 3.05) is 6.61 Å². The molecule has 0 aliphatic carbocycles. The molecule has 1 N–H and O–H groups in total. The van der Waals surface area contributed by atoms with Gasteiger partial charge in [0.1, 0.15) is 11.3 Å². The number of halogens is 3. The summed E-state index contributed by atoms with van der Waals surface area (Å²) < 4.78 is 43.9. The molecule has 1 atom stereocenters. The summed E-state index contributed by atoms with van der Waals surface area (Å²) in [6.07, 6.45) is -1.03. The van der Waals surface area contributed by atoms with E-state index in [2.05, 4.69) is 12.2 Å². The second-order valence-electron chi connectivity index (χ2n) is 5.69. The van der Waals surface area contributed by atoms with Gasteiger partial charge >= 0.3 is 6.18 Å². The van der Waals surface area contributed by atoms with E-state index in [1.54, 1.807) is 6.92 Å². The molecule has 0 aliphatic rings. The highest BCUT2D eigenvalue weighted by atomic mass is 19.4. The molecule has 25 heavy (non-hydrogen) atoms. The molecule has 1 aromatic rings. The van der Waals surface area contributed by atoms with E-state index < -0.39 is 40.6 Å². The number of non-ortho nitro benzene ring substituents is 1. The third kappa shape index (κ3) is 6.98. The summed E-state index contributed by atoms with van der Waals surface area (Å²) in [5.41, 5.74) is -1.99. The van der Waals surface area contributed by atoms with Crippen LogP contribution in [0.4, 0.5) is 18.9 Å². The lowest BCUT2D eigenvalue weighted by atomic mass is 10.1. The molecule has 1 rings (SSSR count). The average molecular weight is 362 g/mol. The smallest absolute Gasteiger partial charge is 0.420 e. The maximum atomic E-state index is 13.0. The molecule has 0 radical (unpaired) electrons. The molecule has 9 heteroatoms. The molecule has 6 nitrogen and oxygen atoms in total. The molecule has 1 aromatic carbocycles. The van der Waals surface area contributed by atoms with Crippen molar-refractivity contribution in [2.45, 2.75) is 51.7 Å². The molecule has 0 bridgehead atoms. The first-order valence-corrected chi connectivity index (χ1v) is 7.93. The van der Waals surface area contributed by atoms with Crippen LogP contribution in [0.3, 0.4) is 0 Å². The maximum absolute atomic E-state index is 13.0. The van der Waals surface area contributed by atoms with Gasteiger partial charge in [0, 0.05) is 18.2 Å². The fraction of sp³-hybridized carbons (Fsp3) is 0.562. The van der Waals surface area contributed by atoms with Crippen LogP contribution in [0.25, 0.3) is 0 Å². The van der Waals surface area contributed by atoms with Crippen LogP contribution in [0.5, 0.6) is 5.75 Å². The van der Waals surface area contributed by atoms with Gasteiger partial charge in [0.25, 0.3) is 11.6 Å². The van der Waals surface area contributed by atoms with Crippen LogP contribution < -0.4 is 10.1 Å². The van der Waals surface area contributed by atoms with Crippen LogP contribution in [0.2, 0.25) is 0 Å². The van der Waals surface area contributed by atoms with Gasteiger partial charge in [0.15, 0.2) is 6.61 Å². The summed E-state index contributed by atoms with van der Waals surface area (Å²) in [6, 6.07) is 2.02. The molecule has 0 aromatic heterocycles. The lowest BCUT2D eigenvalue weighted by Crippen LogP contribution is -2.36. The molecule has 1 unspecified atom stereocenters. The fourth-order valence-electron chi connectivity index (χ4n) is 2.21. The zero-order valence-electron chi connectivity index (χ0n) is 14.1. The normalized spacial score (nSPS) is 12.5. The average Bonchev–Trinajstić information content (AvgIpc) is 2.52. The predicted molar refractivity (Wildman–Crippen MR) is 85.3 cm³/mol. The lowest BCUT2D eigenvalue weighted by molar-refractivity contribution is -0.385. The van der Waals surface area contributed by atoms with Gasteiger partial charge in [0.05, 0.1) is 4.92 Å². The molecule has 1 amide bonds. The van der Waals surface area contributed by atoms with E-state index in [0.717, 1.165) is 37.8 Å². The Morgan fingerprint density at radius 3 is 2.60 bits per heavy atom. The summed E-state index contributed by atoms with van der Waals surface area (Å²) in [5.74, 6) is -1.16. The molecular formula is C16H21F3N2O4. The minimum atomic E-state index is -4.83. The first kappa shape index (κ1) is 20.7. The summed E-state index contributed by atoms with van der Waals surface area (Å²) in [7, 11) is 0. The molecular weight excluding hydrogens is 341 g/mol. The van der Waals surface area contributed by atoms with Gasteiger partial charge in [-0.1, -0.05) is 26.2 Å². The van der Waals surface area contributed by atoms with Gasteiger partial charge in [0.2, 0.25) is 0 Å². The molecule has 0 heterocycles. The Bertz CT molecular complexity index is 606. The zero-order chi connectivity index (χ0) is 19.0. The second kappa shape index (κ2) is 9.24. The van der Waals surface area contributed by atoms with Gasteiger partial charge in [-0.3, -0.25) is 14.9 Å². The number of hydrogen-bond donors (Lipinski definition) is 1. The van der Waals surface area contributed by atoms with E-state index in [1.165, 1.54) is 0 Å². The number of alkyl halides is 3. The number of nitrogens with one attached hydrogen (secondary N) is 1. The molecule has 0 spiro atoms. The van der Waals surface area contributed by atoms with E-state index in [4.69, 9.17) is 4.74 Å². The Hall–Kier alpha value is -2.32. The maximum Gasteiger partial charge on any atom is 0.420 e. The van der Waals surface area contributed by atoms with Crippen LogP contribution in [0, 0.1) is 10.1 Å². The van der Waals surface area contributed by atoms with E-state index in [0.29, 0.717) is 6.07 Å². The van der Waals surface area contributed by atoms with E-state index in [1.807, 2.05) is 0 Å². The highest BCUT2D eigenvalue weighted by molar-refractivity contribution is 5.77. The number of nitro groups is 1. The SMILES string of the molecule is CCCCCC(C)NC(=O)COc1ccc([N+](=O)[O-])cc1C(F)(F)F. The van der Waals surface area contributed by atoms with Crippen molar-refractivity contribution >= 4 is 11.6 Å².